The van der Waals surface area contributed by atoms with E-state index in [1.165, 1.54) is 55.6 Å². The molecule has 0 fully saturated rings. The summed E-state index contributed by atoms with van der Waals surface area (Å²) in [7, 11) is 0. The molecule has 0 aliphatic heterocycles. The molecule has 0 atom stereocenters. The number of hydrogen-bond donors (Lipinski definition) is 0. The second kappa shape index (κ2) is 39.6. The van der Waals surface area contributed by atoms with Gasteiger partial charge in [-0.3, -0.25) is 10.1 Å². The Kier molecular flexibility index (Phi) is 28.2. The van der Waals surface area contributed by atoms with Crippen LogP contribution in [0.15, 0.2) is 358 Å². The van der Waals surface area contributed by atoms with Gasteiger partial charge in [-0.2, -0.15) is 0 Å². The maximum absolute atomic E-state index is 10.4. The Morgan fingerprint density at radius 2 is 0.386 bits per heavy atom. The molecule has 0 aliphatic carbocycles. The Labute approximate surface area is 671 Å². The number of aryl methyl sites for hydroxylation is 10. The maximum atomic E-state index is 10.4. The minimum atomic E-state index is -0.359. The summed E-state index contributed by atoms with van der Waals surface area (Å²) in [4.78, 5) is 10.0. The number of nitro groups is 1. The van der Waals surface area contributed by atoms with Crippen LogP contribution in [0.25, 0.3) is 11.1 Å². The predicted molar refractivity (Wildman–Crippen MR) is 462 cm³/mol. The normalized spacial score (nSPS) is 10.5. The maximum Gasteiger partial charge on any atom is 0.272 e. The fourth-order valence-electron chi connectivity index (χ4n) is 11.5. The predicted octanol–water partition coefficient (Wildman–Crippen LogP) is 29.8. The Morgan fingerprint density at radius 3 is 0.588 bits per heavy atom. The molecule has 0 unspecified atom stereocenters. The van der Waals surface area contributed by atoms with E-state index >= 15 is 0 Å². The van der Waals surface area contributed by atoms with Crippen LogP contribution in [0.5, 0.6) is 92.0 Å². The van der Waals surface area contributed by atoms with Crippen molar-refractivity contribution < 1.29 is 42.8 Å². The highest BCUT2D eigenvalue weighted by atomic mass is 16.6. The molecular weight excluding hydrogens is 1410 g/mol. The molecule has 0 N–H and O–H groups in total. The average molecular weight is 1510 g/mol. The Morgan fingerprint density at radius 1 is 0.211 bits per heavy atom. The van der Waals surface area contributed by atoms with E-state index in [1.54, 1.807) is 19.1 Å². The first kappa shape index (κ1) is 81.1. The molecule has 0 heterocycles. The zero-order valence-electron chi connectivity index (χ0n) is 66.6. The fourth-order valence-corrected chi connectivity index (χ4v) is 11.5. The van der Waals surface area contributed by atoms with Gasteiger partial charge in [0, 0.05) is 23.1 Å². The highest BCUT2D eigenvalue weighted by molar-refractivity contribution is 5.65. The second-order valence-corrected chi connectivity index (χ2v) is 28.5. The molecule has 0 bridgehead atoms. The zero-order chi connectivity index (χ0) is 80.4. The lowest BCUT2D eigenvalue weighted by Crippen LogP contribution is -2.18. The highest BCUT2D eigenvalue weighted by Gasteiger charge is 2.23. The molecule has 0 radical (unpaired) electrons. The van der Waals surface area contributed by atoms with Gasteiger partial charge in [-0.05, 0) is 279 Å². The van der Waals surface area contributed by atoms with E-state index < -0.39 is 0 Å². The van der Waals surface area contributed by atoms with Crippen LogP contribution >= 0.6 is 0 Å². The molecule has 11 nitrogen and oxygen atoms in total. The molecule has 0 saturated carbocycles. The number of rotatable bonds is 20. The van der Waals surface area contributed by atoms with Gasteiger partial charge in [0.15, 0.2) is 0 Å². The van der Waals surface area contributed by atoms with E-state index in [-0.39, 0.29) is 16.0 Å². The second-order valence-electron chi connectivity index (χ2n) is 28.5. The van der Waals surface area contributed by atoms with Crippen LogP contribution in [0.4, 0.5) is 5.69 Å². The highest BCUT2D eigenvalue weighted by Crippen LogP contribution is 2.37. The van der Waals surface area contributed by atoms with Crippen LogP contribution in [0.2, 0.25) is 0 Å². The van der Waals surface area contributed by atoms with Crippen molar-refractivity contribution in [2.45, 2.75) is 88.5 Å². The zero-order valence-corrected chi connectivity index (χ0v) is 66.6. The number of nitro benzene ring substituents is 1. The first-order chi connectivity index (χ1) is 55.0. The first-order valence-corrected chi connectivity index (χ1v) is 37.8. The van der Waals surface area contributed by atoms with E-state index in [0.29, 0.717) is 5.56 Å². The number of hydrogen-bond acceptors (Lipinski definition) is 10. The standard InChI is InChI=1S/C29H28O2.C26H22O2.2C20H18O2.C8H9NO2/c1-21-5-13-25(14-6-21)30-27-17-9-23(10-18-27)29(3,4)24-11-19-28(20-12-24)31-26-15-7-22(2)8-16-26;1-19-3-11-23(12-4-19)27-25-15-7-21(8-16-25)22-9-17-26(18-10-22)28-24-13-5-20(2)6-14-24;1-15-3-7-17(8-4-15)21-19-11-13-20(14-12-19)22-18-9-5-16(2)6-10-18;1-15-6-10-17(11-7-15)21-19-4-3-5-20(14-19)22-18-12-8-16(2)9-13-18;1-6-3-4-7(2)8(5-6)9(10)11/h5-20H,1-4H3;3-18H,1-2H3;2*3-14H,1-2H3;3-5H,1-2H3. The van der Waals surface area contributed by atoms with Crippen molar-refractivity contribution in [2.75, 3.05) is 0 Å². The first-order valence-electron chi connectivity index (χ1n) is 37.8. The van der Waals surface area contributed by atoms with E-state index in [4.69, 9.17) is 37.9 Å². The van der Waals surface area contributed by atoms with Gasteiger partial charge in [0.2, 0.25) is 0 Å². The van der Waals surface area contributed by atoms with E-state index in [9.17, 15) is 10.1 Å². The topological polar surface area (TPSA) is 117 Å². The van der Waals surface area contributed by atoms with Gasteiger partial charge < -0.3 is 37.9 Å². The van der Waals surface area contributed by atoms with Crippen LogP contribution in [-0.4, -0.2) is 4.92 Å². The third-order valence-electron chi connectivity index (χ3n) is 18.4. The minimum absolute atomic E-state index is 0.134. The van der Waals surface area contributed by atoms with Crippen molar-refractivity contribution in [3.8, 4) is 103 Å². The molecule has 15 rings (SSSR count). The fraction of sp³-hybridized carbons (Fsp3) is 0.126. The summed E-state index contributed by atoms with van der Waals surface area (Å²) in [6.07, 6.45) is 0. The van der Waals surface area contributed by atoms with Crippen LogP contribution < -0.4 is 37.9 Å². The van der Waals surface area contributed by atoms with Crippen molar-refractivity contribution in [1.82, 2.24) is 0 Å². The lowest BCUT2D eigenvalue weighted by molar-refractivity contribution is -0.385. The Bertz CT molecular complexity index is 5170. The molecule has 0 saturated heterocycles. The van der Waals surface area contributed by atoms with Crippen LogP contribution in [0.3, 0.4) is 0 Å². The van der Waals surface area contributed by atoms with E-state index in [2.05, 4.69) is 142 Å². The van der Waals surface area contributed by atoms with Crippen molar-refractivity contribution in [2.24, 2.45) is 0 Å². The van der Waals surface area contributed by atoms with Crippen molar-refractivity contribution in [3.63, 3.8) is 0 Å². The van der Waals surface area contributed by atoms with Crippen LogP contribution in [0.1, 0.15) is 80.6 Å². The Hall–Kier alpha value is -13.9. The van der Waals surface area contributed by atoms with Gasteiger partial charge >= 0.3 is 0 Å². The molecule has 0 amide bonds. The van der Waals surface area contributed by atoms with Crippen molar-refractivity contribution in [3.05, 3.63) is 435 Å². The number of benzene rings is 15. The summed E-state index contributed by atoms with van der Waals surface area (Å²) in [5, 5.41) is 10.4. The van der Waals surface area contributed by atoms with Gasteiger partial charge in [-0.1, -0.05) is 222 Å². The molecule has 0 aromatic heterocycles. The molecule has 11 heteroatoms. The molecule has 114 heavy (non-hydrogen) atoms. The van der Waals surface area contributed by atoms with Gasteiger partial charge in [0.05, 0.1) is 4.92 Å². The molecule has 15 aromatic carbocycles. The van der Waals surface area contributed by atoms with E-state index in [0.717, 1.165) is 109 Å². The van der Waals surface area contributed by atoms with Crippen LogP contribution in [0, 0.1) is 79.4 Å². The van der Waals surface area contributed by atoms with Crippen LogP contribution in [-0.2, 0) is 5.41 Å². The number of ether oxygens (including phenoxy) is 8. The Balaban J connectivity index is 0.000000145. The van der Waals surface area contributed by atoms with Gasteiger partial charge in [-0.25, -0.2) is 0 Å². The smallest absolute Gasteiger partial charge is 0.272 e. The van der Waals surface area contributed by atoms with Crippen molar-refractivity contribution >= 4 is 5.69 Å². The summed E-state index contributed by atoms with van der Waals surface area (Å²) in [5.41, 5.74) is 16.2. The molecule has 572 valence electrons. The molecule has 0 spiro atoms. The lowest BCUT2D eigenvalue weighted by Gasteiger charge is -2.26. The van der Waals surface area contributed by atoms with Crippen molar-refractivity contribution in [1.29, 1.82) is 0 Å². The minimum Gasteiger partial charge on any atom is -0.457 e. The number of nitrogens with zero attached hydrogens (tertiary/aromatic N) is 1. The quantitative estimate of drug-likeness (QED) is 0.0539. The average Bonchev–Trinajstić information content (AvgIpc) is 0.842. The summed E-state index contributed by atoms with van der Waals surface area (Å²) in [5.74, 6) is 13.1. The molecular formula is C103H95NO10. The summed E-state index contributed by atoms with van der Waals surface area (Å²) in [6.45, 7) is 24.5. The third kappa shape index (κ3) is 25.3. The monoisotopic (exact) mass is 1510 g/mol. The van der Waals surface area contributed by atoms with E-state index in [1.807, 2.05) is 280 Å². The van der Waals surface area contributed by atoms with Gasteiger partial charge in [0.25, 0.3) is 5.69 Å². The lowest BCUT2D eigenvalue weighted by atomic mass is 9.78. The van der Waals surface area contributed by atoms with Gasteiger partial charge in [0.1, 0.15) is 92.0 Å². The summed E-state index contributed by atoms with van der Waals surface area (Å²) < 4.78 is 47.0. The summed E-state index contributed by atoms with van der Waals surface area (Å²) in [6, 6.07) is 118. The van der Waals surface area contributed by atoms with Gasteiger partial charge in [-0.15, -0.1) is 0 Å². The third-order valence-corrected chi connectivity index (χ3v) is 18.4. The summed E-state index contributed by atoms with van der Waals surface area (Å²) >= 11 is 0. The molecule has 15 aromatic rings. The molecule has 0 aliphatic rings. The SMILES string of the molecule is Cc1ccc(C)c([N+](=O)[O-])c1.Cc1ccc(Oc2ccc(-c3ccc(Oc4ccc(C)cc4)cc3)cc2)cc1.Cc1ccc(Oc2ccc(C(C)(C)c3ccc(Oc4ccc(C)cc4)cc3)cc2)cc1.Cc1ccc(Oc2ccc(Oc3ccc(C)cc3)cc2)cc1.Cc1ccc(Oc2cccc(Oc3ccc(C)cc3)c2)cc1. The largest absolute Gasteiger partial charge is 0.457 e.